The number of anilines is 2. The number of hydrogen-bond acceptors (Lipinski definition) is 6. The highest BCUT2D eigenvalue weighted by atomic mass is 16.3. The number of carbonyl (C=O) groups excluding carboxylic acids is 1. The van der Waals surface area contributed by atoms with Crippen LogP contribution in [0, 0.1) is 0 Å². The molecular weight excluding hydrogens is 380 g/mol. The van der Waals surface area contributed by atoms with E-state index in [1.165, 1.54) is 0 Å². The minimum absolute atomic E-state index is 0.243. The molecule has 8 nitrogen and oxygen atoms in total. The Morgan fingerprint density at radius 3 is 2.60 bits per heavy atom. The van der Waals surface area contributed by atoms with Crippen LogP contribution in [0.1, 0.15) is 36.2 Å². The summed E-state index contributed by atoms with van der Waals surface area (Å²) >= 11 is 0. The summed E-state index contributed by atoms with van der Waals surface area (Å²) in [6.07, 6.45) is 2.79. The number of carbonyl (C=O) groups is 1. The van der Waals surface area contributed by atoms with Crippen molar-refractivity contribution in [2.24, 2.45) is 0 Å². The highest BCUT2D eigenvalue weighted by Gasteiger charge is 2.26. The van der Waals surface area contributed by atoms with Crippen LogP contribution in [0.5, 0.6) is 0 Å². The van der Waals surface area contributed by atoms with Crippen LogP contribution in [0.4, 0.5) is 11.6 Å². The molecule has 1 atom stereocenters. The van der Waals surface area contributed by atoms with Crippen molar-refractivity contribution in [1.29, 1.82) is 0 Å². The number of nitrogens with zero attached hydrogens (tertiary/aromatic N) is 5. The van der Waals surface area contributed by atoms with Gasteiger partial charge in [0.2, 0.25) is 0 Å². The van der Waals surface area contributed by atoms with Gasteiger partial charge in [0.25, 0.3) is 5.91 Å². The zero-order valence-corrected chi connectivity index (χ0v) is 17.8. The Labute approximate surface area is 176 Å². The molecule has 3 aromatic rings. The SMILES string of the molecule is CN(C)[C@@H]1CCN(c2cc(NC(=O)c3ccc(C(C)(C)O)cc3)nc3ccnn23)C1. The maximum atomic E-state index is 12.8. The van der Waals surface area contributed by atoms with E-state index in [1.54, 1.807) is 44.3 Å². The summed E-state index contributed by atoms with van der Waals surface area (Å²) in [5.74, 6) is 1.16. The molecule has 158 valence electrons. The standard InChI is InChI=1S/C22H28N6O2/c1-22(2,30)16-7-5-15(6-8-16)21(29)25-18-13-20(28-19(24-18)9-11-23-28)27-12-10-17(14-27)26(3)4/h5-9,11,13,17,30H,10,12,14H2,1-4H3,(H,24,25,29)/t17-/m1/s1. The van der Waals surface area contributed by atoms with Crippen molar-refractivity contribution in [2.75, 3.05) is 37.4 Å². The first-order valence-corrected chi connectivity index (χ1v) is 10.1. The lowest BCUT2D eigenvalue weighted by Gasteiger charge is -2.22. The van der Waals surface area contributed by atoms with Crippen molar-refractivity contribution in [1.82, 2.24) is 19.5 Å². The second kappa shape index (κ2) is 7.70. The van der Waals surface area contributed by atoms with Crippen LogP contribution < -0.4 is 10.2 Å². The van der Waals surface area contributed by atoms with Crippen LogP contribution in [0.3, 0.4) is 0 Å². The first kappa shape index (κ1) is 20.3. The minimum Gasteiger partial charge on any atom is -0.386 e. The Morgan fingerprint density at radius 2 is 1.97 bits per heavy atom. The number of hydrogen-bond donors (Lipinski definition) is 2. The van der Waals surface area contributed by atoms with Crippen LogP contribution in [-0.4, -0.2) is 63.7 Å². The lowest BCUT2D eigenvalue weighted by Crippen LogP contribution is -2.32. The van der Waals surface area contributed by atoms with E-state index in [1.807, 2.05) is 16.6 Å². The number of benzene rings is 1. The second-order valence-corrected chi connectivity index (χ2v) is 8.54. The Kier molecular flexibility index (Phi) is 5.21. The van der Waals surface area contributed by atoms with Crippen LogP contribution in [0.25, 0.3) is 5.65 Å². The zero-order valence-electron chi connectivity index (χ0n) is 17.8. The number of likely N-dealkylation sites (N-methyl/N-ethyl adjacent to an activating group) is 1. The van der Waals surface area contributed by atoms with Gasteiger partial charge in [0.1, 0.15) is 11.6 Å². The van der Waals surface area contributed by atoms with E-state index in [2.05, 4.69) is 39.3 Å². The van der Waals surface area contributed by atoms with Crippen molar-refractivity contribution in [3.05, 3.63) is 53.7 Å². The van der Waals surface area contributed by atoms with Gasteiger partial charge in [-0.3, -0.25) is 4.79 Å². The number of aliphatic hydroxyl groups is 1. The normalized spacial score (nSPS) is 17.1. The molecule has 4 rings (SSSR count). The Bertz CT molecular complexity index is 1050. The molecule has 2 aromatic heterocycles. The van der Waals surface area contributed by atoms with Crippen molar-refractivity contribution in [2.45, 2.75) is 31.9 Å². The van der Waals surface area contributed by atoms with Gasteiger partial charge in [-0.2, -0.15) is 9.61 Å². The van der Waals surface area contributed by atoms with Gasteiger partial charge in [-0.1, -0.05) is 12.1 Å². The van der Waals surface area contributed by atoms with Gasteiger partial charge in [-0.05, 0) is 52.1 Å². The number of aromatic nitrogens is 3. The summed E-state index contributed by atoms with van der Waals surface area (Å²) in [5, 5.41) is 17.4. The summed E-state index contributed by atoms with van der Waals surface area (Å²) in [4.78, 5) is 21.8. The third-order valence-corrected chi connectivity index (χ3v) is 5.65. The average Bonchev–Trinajstić information content (AvgIpc) is 3.36. The molecule has 0 aliphatic carbocycles. The van der Waals surface area contributed by atoms with Gasteiger partial charge in [-0.15, -0.1) is 0 Å². The highest BCUT2D eigenvalue weighted by Crippen LogP contribution is 2.25. The topological polar surface area (TPSA) is 86.0 Å². The quantitative estimate of drug-likeness (QED) is 0.674. The summed E-state index contributed by atoms with van der Waals surface area (Å²) < 4.78 is 1.81. The van der Waals surface area contributed by atoms with Crippen LogP contribution >= 0.6 is 0 Å². The third kappa shape index (κ3) is 4.01. The van der Waals surface area contributed by atoms with Crippen molar-refractivity contribution in [3.63, 3.8) is 0 Å². The molecule has 2 N–H and O–H groups in total. The van der Waals surface area contributed by atoms with Crippen LogP contribution in [0.2, 0.25) is 0 Å². The van der Waals surface area contributed by atoms with Gasteiger partial charge in [0, 0.05) is 36.8 Å². The molecule has 1 aliphatic heterocycles. The maximum absolute atomic E-state index is 12.8. The lowest BCUT2D eigenvalue weighted by molar-refractivity contribution is 0.0785. The Hall–Kier alpha value is -2.97. The molecule has 0 bridgehead atoms. The first-order chi connectivity index (χ1) is 14.2. The van der Waals surface area contributed by atoms with Crippen LogP contribution in [-0.2, 0) is 5.60 Å². The molecule has 1 saturated heterocycles. The molecule has 0 saturated carbocycles. The molecule has 1 amide bonds. The Morgan fingerprint density at radius 1 is 1.23 bits per heavy atom. The van der Waals surface area contributed by atoms with Crippen LogP contribution in [0.15, 0.2) is 42.6 Å². The van der Waals surface area contributed by atoms with Gasteiger partial charge >= 0.3 is 0 Å². The fourth-order valence-corrected chi connectivity index (χ4v) is 3.78. The Balaban J connectivity index is 1.58. The van der Waals surface area contributed by atoms with E-state index < -0.39 is 5.60 Å². The van der Waals surface area contributed by atoms with E-state index in [0.717, 1.165) is 30.9 Å². The fraction of sp³-hybridized carbons (Fsp3) is 0.409. The largest absolute Gasteiger partial charge is 0.386 e. The maximum Gasteiger partial charge on any atom is 0.256 e. The molecule has 0 unspecified atom stereocenters. The fourth-order valence-electron chi connectivity index (χ4n) is 3.78. The molecular formula is C22H28N6O2. The summed E-state index contributed by atoms with van der Waals surface area (Å²) in [7, 11) is 4.19. The van der Waals surface area contributed by atoms with Gasteiger partial charge < -0.3 is 20.2 Å². The number of nitrogens with one attached hydrogen (secondary N) is 1. The van der Waals surface area contributed by atoms with Gasteiger partial charge in [0.05, 0.1) is 11.8 Å². The average molecular weight is 409 g/mol. The predicted molar refractivity (Wildman–Crippen MR) is 117 cm³/mol. The van der Waals surface area contributed by atoms with E-state index in [0.29, 0.717) is 23.1 Å². The summed E-state index contributed by atoms with van der Waals surface area (Å²) in [6, 6.07) is 11.1. The highest BCUT2D eigenvalue weighted by molar-refractivity contribution is 6.04. The molecule has 0 radical (unpaired) electrons. The number of fused-ring (bicyclic) bond motifs is 1. The number of amides is 1. The van der Waals surface area contributed by atoms with Crippen molar-refractivity contribution >= 4 is 23.2 Å². The molecule has 3 heterocycles. The first-order valence-electron chi connectivity index (χ1n) is 10.1. The van der Waals surface area contributed by atoms with E-state index in [9.17, 15) is 9.90 Å². The van der Waals surface area contributed by atoms with E-state index >= 15 is 0 Å². The summed E-state index contributed by atoms with van der Waals surface area (Å²) in [6.45, 7) is 5.26. The smallest absolute Gasteiger partial charge is 0.256 e. The molecule has 30 heavy (non-hydrogen) atoms. The van der Waals surface area contributed by atoms with Crippen molar-refractivity contribution in [3.8, 4) is 0 Å². The van der Waals surface area contributed by atoms with Gasteiger partial charge in [0.15, 0.2) is 5.65 Å². The second-order valence-electron chi connectivity index (χ2n) is 8.54. The van der Waals surface area contributed by atoms with Crippen molar-refractivity contribution < 1.29 is 9.90 Å². The molecule has 1 aliphatic rings. The molecule has 1 fully saturated rings. The number of rotatable bonds is 5. The monoisotopic (exact) mass is 408 g/mol. The third-order valence-electron chi connectivity index (χ3n) is 5.65. The lowest BCUT2D eigenvalue weighted by atomic mass is 9.97. The van der Waals surface area contributed by atoms with E-state index in [-0.39, 0.29) is 5.91 Å². The summed E-state index contributed by atoms with van der Waals surface area (Å²) in [5.41, 5.74) is 1.00. The predicted octanol–water partition coefficient (Wildman–Crippen LogP) is 2.35. The van der Waals surface area contributed by atoms with Gasteiger partial charge in [-0.25, -0.2) is 4.98 Å². The molecule has 0 spiro atoms. The molecule has 8 heteroatoms. The zero-order chi connectivity index (χ0) is 21.5. The minimum atomic E-state index is -0.946. The van der Waals surface area contributed by atoms with E-state index in [4.69, 9.17) is 0 Å². The molecule has 1 aromatic carbocycles.